The van der Waals surface area contributed by atoms with Crippen LogP contribution < -0.4 is 5.32 Å². The number of para-hydroxylation sites is 2. The smallest absolute Gasteiger partial charge is 0.257 e. The maximum absolute atomic E-state index is 12.7. The number of amides is 2. The minimum Gasteiger partial charge on any atom is -0.472 e. The van der Waals surface area contributed by atoms with Crippen molar-refractivity contribution < 1.29 is 14.0 Å². The molecule has 0 bridgehead atoms. The third-order valence-electron chi connectivity index (χ3n) is 4.75. The van der Waals surface area contributed by atoms with Gasteiger partial charge in [-0.2, -0.15) is 5.10 Å². The highest BCUT2D eigenvalue weighted by Gasteiger charge is 2.28. The quantitative estimate of drug-likeness (QED) is 0.766. The molecule has 0 saturated carbocycles. The lowest BCUT2D eigenvalue weighted by molar-refractivity contribution is -0.121. The van der Waals surface area contributed by atoms with Crippen LogP contribution in [0.5, 0.6) is 0 Å². The van der Waals surface area contributed by atoms with Crippen LogP contribution in [0.4, 0.5) is 5.69 Å². The predicted molar refractivity (Wildman–Crippen MR) is 97.3 cm³/mol. The molecule has 0 atom stereocenters. The molecule has 1 aromatic carbocycles. The van der Waals surface area contributed by atoms with E-state index in [1.165, 1.54) is 18.9 Å². The summed E-state index contributed by atoms with van der Waals surface area (Å²) in [6, 6.07) is 9.11. The van der Waals surface area contributed by atoms with Gasteiger partial charge in [-0.25, -0.2) is 9.67 Å². The predicted octanol–water partition coefficient (Wildman–Crippen LogP) is 2.35. The number of furan rings is 1. The van der Waals surface area contributed by atoms with Gasteiger partial charge in [0.1, 0.15) is 18.9 Å². The van der Waals surface area contributed by atoms with Crippen molar-refractivity contribution in [3.63, 3.8) is 0 Å². The van der Waals surface area contributed by atoms with Crippen molar-refractivity contribution in [1.29, 1.82) is 0 Å². The first-order valence-corrected chi connectivity index (χ1v) is 8.79. The van der Waals surface area contributed by atoms with Crippen LogP contribution in [0.1, 0.15) is 23.2 Å². The number of piperidine rings is 1. The van der Waals surface area contributed by atoms with Crippen LogP contribution in [-0.2, 0) is 4.79 Å². The fraction of sp³-hybridized carbons (Fsp3) is 0.263. The Morgan fingerprint density at radius 1 is 1.15 bits per heavy atom. The largest absolute Gasteiger partial charge is 0.472 e. The van der Waals surface area contributed by atoms with Crippen LogP contribution in [0, 0.1) is 5.92 Å². The number of carbonyl (C=O) groups excluding carboxylic acids is 2. The molecule has 4 rings (SSSR count). The van der Waals surface area contributed by atoms with Crippen LogP contribution in [0.2, 0.25) is 0 Å². The molecule has 0 unspecified atom stereocenters. The molecule has 1 fully saturated rings. The second-order valence-electron chi connectivity index (χ2n) is 6.42. The molecule has 3 aromatic rings. The Hall–Kier alpha value is -3.42. The van der Waals surface area contributed by atoms with Gasteiger partial charge >= 0.3 is 0 Å². The summed E-state index contributed by atoms with van der Waals surface area (Å²) in [6.07, 6.45) is 7.22. The molecule has 1 saturated heterocycles. The molecule has 3 heterocycles. The van der Waals surface area contributed by atoms with Crippen LogP contribution in [-0.4, -0.2) is 44.6 Å². The van der Waals surface area contributed by atoms with E-state index in [0.717, 1.165) is 5.69 Å². The molecule has 0 aliphatic carbocycles. The summed E-state index contributed by atoms with van der Waals surface area (Å²) in [4.78, 5) is 30.8. The summed E-state index contributed by atoms with van der Waals surface area (Å²) in [5.41, 5.74) is 1.99. The third-order valence-corrected chi connectivity index (χ3v) is 4.75. The molecule has 1 aliphatic heterocycles. The van der Waals surface area contributed by atoms with Gasteiger partial charge in [0.15, 0.2) is 0 Å². The minimum absolute atomic E-state index is 0.0435. The molecule has 8 nitrogen and oxygen atoms in total. The monoisotopic (exact) mass is 365 g/mol. The number of anilines is 1. The normalized spacial score (nSPS) is 14.9. The van der Waals surface area contributed by atoms with Crippen molar-refractivity contribution in [3.8, 4) is 5.69 Å². The Kier molecular flexibility index (Phi) is 4.69. The second-order valence-corrected chi connectivity index (χ2v) is 6.42. The number of carbonyl (C=O) groups is 2. The van der Waals surface area contributed by atoms with E-state index in [9.17, 15) is 9.59 Å². The second kappa shape index (κ2) is 7.45. The van der Waals surface area contributed by atoms with Gasteiger partial charge in [-0.15, -0.1) is 0 Å². The molecular formula is C19H19N5O3. The van der Waals surface area contributed by atoms with E-state index in [2.05, 4.69) is 15.4 Å². The zero-order chi connectivity index (χ0) is 18.6. The first-order valence-electron chi connectivity index (χ1n) is 8.79. The number of hydrogen-bond donors (Lipinski definition) is 1. The van der Waals surface area contributed by atoms with E-state index in [1.54, 1.807) is 22.0 Å². The van der Waals surface area contributed by atoms with Crippen LogP contribution in [0.25, 0.3) is 5.69 Å². The van der Waals surface area contributed by atoms with Gasteiger partial charge in [-0.1, -0.05) is 12.1 Å². The fourth-order valence-corrected chi connectivity index (χ4v) is 3.26. The summed E-state index contributed by atoms with van der Waals surface area (Å²) in [5, 5.41) is 7.12. The lowest BCUT2D eigenvalue weighted by atomic mass is 9.95. The van der Waals surface area contributed by atoms with Gasteiger partial charge in [-0.3, -0.25) is 9.59 Å². The summed E-state index contributed by atoms with van der Waals surface area (Å²) >= 11 is 0. The van der Waals surface area contributed by atoms with E-state index in [1.807, 2.05) is 24.3 Å². The molecule has 0 radical (unpaired) electrons. The van der Waals surface area contributed by atoms with Gasteiger partial charge in [0.05, 0.1) is 23.2 Å². The molecule has 1 aliphatic rings. The molecule has 2 amide bonds. The van der Waals surface area contributed by atoms with Crippen molar-refractivity contribution in [1.82, 2.24) is 19.7 Å². The van der Waals surface area contributed by atoms with Gasteiger partial charge in [0.25, 0.3) is 5.91 Å². The van der Waals surface area contributed by atoms with Crippen molar-refractivity contribution in [2.75, 3.05) is 18.4 Å². The van der Waals surface area contributed by atoms with Crippen molar-refractivity contribution in [2.45, 2.75) is 12.8 Å². The fourth-order valence-electron chi connectivity index (χ4n) is 3.26. The Labute approximate surface area is 155 Å². The van der Waals surface area contributed by atoms with E-state index < -0.39 is 0 Å². The zero-order valence-corrected chi connectivity index (χ0v) is 14.6. The highest BCUT2D eigenvalue weighted by Crippen LogP contribution is 2.24. The number of rotatable bonds is 4. The molecule has 27 heavy (non-hydrogen) atoms. The van der Waals surface area contributed by atoms with E-state index in [-0.39, 0.29) is 17.7 Å². The number of hydrogen-bond acceptors (Lipinski definition) is 5. The van der Waals surface area contributed by atoms with E-state index >= 15 is 0 Å². The average molecular weight is 365 g/mol. The first-order chi connectivity index (χ1) is 13.2. The minimum atomic E-state index is -0.137. The number of nitrogens with one attached hydrogen (secondary N) is 1. The van der Waals surface area contributed by atoms with Gasteiger partial charge < -0.3 is 14.6 Å². The van der Waals surface area contributed by atoms with Crippen LogP contribution >= 0.6 is 0 Å². The highest BCUT2D eigenvalue weighted by atomic mass is 16.3. The molecular weight excluding hydrogens is 346 g/mol. The molecule has 138 valence electrons. The van der Waals surface area contributed by atoms with E-state index in [4.69, 9.17) is 4.42 Å². The Bertz CT molecular complexity index is 913. The Morgan fingerprint density at radius 2 is 1.96 bits per heavy atom. The maximum atomic E-state index is 12.7. The molecule has 8 heteroatoms. The highest BCUT2D eigenvalue weighted by molar-refractivity contribution is 5.96. The van der Waals surface area contributed by atoms with Crippen molar-refractivity contribution in [2.24, 2.45) is 5.92 Å². The van der Waals surface area contributed by atoms with Crippen LogP contribution in [0.15, 0.2) is 59.9 Å². The zero-order valence-electron chi connectivity index (χ0n) is 14.6. The summed E-state index contributed by atoms with van der Waals surface area (Å²) in [6.45, 7) is 1.10. The Morgan fingerprint density at radius 3 is 2.67 bits per heavy atom. The summed E-state index contributed by atoms with van der Waals surface area (Å²) < 4.78 is 6.58. The lowest BCUT2D eigenvalue weighted by Crippen LogP contribution is -2.41. The van der Waals surface area contributed by atoms with Crippen LogP contribution in [0.3, 0.4) is 0 Å². The number of benzene rings is 1. The lowest BCUT2D eigenvalue weighted by Gasteiger charge is -2.31. The van der Waals surface area contributed by atoms with Crippen molar-refractivity contribution >= 4 is 17.5 Å². The van der Waals surface area contributed by atoms with Crippen molar-refractivity contribution in [3.05, 3.63) is 61.1 Å². The molecule has 1 N–H and O–H groups in total. The Balaban J connectivity index is 1.39. The topological polar surface area (TPSA) is 93.3 Å². The maximum Gasteiger partial charge on any atom is 0.257 e. The number of aromatic nitrogens is 3. The average Bonchev–Trinajstić information content (AvgIpc) is 3.42. The number of likely N-dealkylation sites (tertiary alicyclic amines) is 1. The standard InChI is InChI=1S/C19H19N5O3/c25-18(22-16-3-1-2-4-17(16)24-13-20-12-21-24)14-5-8-23(9-6-14)19(26)15-7-10-27-11-15/h1-4,7,10-14H,5-6,8-9H2,(H,22,25). The van der Waals surface area contributed by atoms with E-state index in [0.29, 0.717) is 37.2 Å². The van der Waals surface area contributed by atoms with Gasteiger partial charge in [0, 0.05) is 19.0 Å². The summed E-state index contributed by atoms with van der Waals surface area (Å²) in [7, 11) is 0. The molecule has 0 spiro atoms. The summed E-state index contributed by atoms with van der Waals surface area (Å²) in [5.74, 6) is -0.237. The number of nitrogens with zero attached hydrogens (tertiary/aromatic N) is 4. The SMILES string of the molecule is O=C(Nc1ccccc1-n1cncn1)C1CCN(C(=O)c2ccoc2)CC1. The molecule has 2 aromatic heterocycles. The van der Waals surface area contributed by atoms with Gasteiger partial charge in [-0.05, 0) is 31.0 Å². The van der Waals surface area contributed by atoms with Gasteiger partial charge in [0.2, 0.25) is 5.91 Å². The first kappa shape index (κ1) is 17.0. The third kappa shape index (κ3) is 3.59.